The van der Waals surface area contributed by atoms with Gasteiger partial charge >= 0.3 is 0 Å². The summed E-state index contributed by atoms with van der Waals surface area (Å²) in [5.74, 6) is 0.425. The number of allylic oxidation sites excluding steroid dienone is 3. The van der Waals surface area contributed by atoms with Gasteiger partial charge in [0, 0.05) is 29.8 Å². The molecule has 0 spiro atoms. The van der Waals surface area contributed by atoms with E-state index in [0.29, 0.717) is 47.8 Å². The first kappa shape index (κ1) is 15.7. The van der Waals surface area contributed by atoms with E-state index >= 15 is 0 Å². The van der Waals surface area contributed by atoms with Crippen molar-refractivity contribution in [2.75, 3.05) is 0 Å². The largest absolute Gasteiger partial charge is 0.359 e. The predicted molar refractivity (Wildman–Crippen MR) is 90.6 cm³/mol. The van der Waals surface area contributed by atoms with E-state index in [1.54, 1.807) is 13.8 Å². The Bertz CT molecular complexity index is 728. The standard InChI is InChI=1S/C20H23NO2/c1-12(2)9-17-13(3)20(23)18(14(4)19(17)22)21-10-15-7-5-6-8-16(15)11-21/h5-8,12H,9-11H2,1-4H3. The highest BCUT2D eigenvalue weighted by Crippen LogP contribution is 2.34. The molecule has 1 aliphatic heterocycles. The third-order valence-electron chi connectivity index (χ3n) is 4.75. The molecule has 0 bridgehead atoms. The Morgan fingerprint density at radius 2 is 1.52 bits per heavy atom. The van der Waals surface area contributed by atoms with Crippen LogP contribution in [0.1, 0.15) is 45.2 Å². The van der Waals surface area contributed by atoms with Gasteiger partial charge in [0.1, 0.15) is 0 Å². The van der Waals surface area contributed by atoms with E-state index in [1.807, 2.05) is 12.1 Å². The zero-order chi connectivity index (χ0) is 16.7. The summed E-state index contributed by atoms with van der Waals surface area (Å²) in [7, 11) is 0. The van der Waals surface area contributed by atoms with Crippen LogP contribution in [-0.2, 0) is 22.7 Å². The third kappa shape index (κ3) is 2.65. The number of carbonyl (C=O) groups excluding carboxylic acids is 2. The topological polar surface area (TPSA) is 37.4 Å². The summed E-state index contributed by atoms with van der Waals surface area (Å²) < 4.78 is 0. The van der Waals surface area contributed by atoms with Crippen molar-refractivity contribution in [3.63, 3.8) is 0 Å². The molecule has 1 heterocycles. The fourth-order valence-electron chi connectivity index (χ4n) is 3.52. The molecule has 23 heavy (non-hydrogen) atoms. The van der Waals surface area contributed by atoms with Crippen LogP contribution in [0.4, 0.5) is 0 Å². The summed E-state index contributed by atoms with van der Waals surface area (Å²) in [5.41, 5.74) is 4.99. The molecule has 3 rings (SSSR count). The SMILES string of the molecule is CC1=C(CC(C)C)C(=O)C(C)=C(N2Cc3ccccc3C2)C1=O. The van der Waals surface area contributed by atoms with Crippen LogP contribution in [0.2, 0.25) is 0 Å². The molecule has 120 valence electrons. The molecule has 0 fully saturated rings. The summed E-state index contributed by atoms with van der Waals surface area (Å²) in [6.07, 6.45) is 0.668. The van der Waals surface area contributed by atoms with Crippen molar-refractivity contribution in [3.8, 4) is 0 Å². The quantitative estimate of drug-likeness (QED) is 0.797. The molecule has 1 aromatic rings. The number of benzene rings is 1. The van der Waals surface area contributed by atoms with Crippen LogP contribution in [0.5, 0.6) is 0 Å². The number of rotatable bonds is 3. The molecule has 1 aliphatic carbocycles. The first-order chi connectivity index (χ1) is 10.9. The maximum absolute atomic E-state index is 12.9. The summed E-state index contributed by atoms with van der Waals surface area (Å²) in [5, 5.41) is 0. The van der Waals surface area contributed by atoms with E-state index in [4.69, 9.17) is 0 Å². The number of hydrogen-bond donors (Lipinski definition) is 0. The van der Waals surface area contributed by atoms with Gasteiger partial charge in [0.05, 0.1) is 5.70 Å². The monoisotopic (exact) mass is 309 g/mol. The van der Waals surface area contributed by atoms with E-state index in [-0.39, 0.29) is 11.6 Å². The van der Waals surface area contributed by atoms with Crippen molar-refractivity contribution >= 4 is 11.6 Å². The van der Waals surface area contributed by atoms with Gasteiger partial charge in [-0.2, -0.15) is 0 Å². The van der Waals surface area contributed by atoms with Crippen LogP contribution in [0.15, 0.2) is 46.7 Å². The first-order valence-corrected chi connectivity index (χ1v) is 8.22. The molecular weight excluding hydrogens is 286 g/mol. The average Bonchev–Trinajstić information content (AvgIpc) is 2.93. The predicted octanol–water partition coefficient (Wildman–Crippen LogP) is 3.79. The van der Waals surface area contributed by atoms with E-state index in [1.165, 1.54) is 11.1 Å². The zero-order valence-corrected chi connectivity index (χ0v) is 14.3. The lowest BCUT2D eigenvalue weighted by atomic mass is 9.84. The molecule has 0 radical (unpaired) electrons. The van der Waals surface area contributed by atoms with Crippen molar-refractivity contribution in [2.45, 2.75) is 47.2 Å². The van der Waals surface area contributed by atoms with Gasteiger partial charge in [-0.25, -0.2) is 0 Å². The number of Topliss-reactive ketones (excluding diaryl/α,β-unsaturated/α-hetero) is 2. The second-order valence-electron chi connectivity index (χ2n) is 6.96. The van der Waals surface area contributed by atoms with Gasteiger partial charge in [-0.15, -0.1) is 0 Å². The van der Waals surface area contributed by atoms with E-state index in [0.717, 1.165) is 0 Å². The van der Waals surface area contributed by atoms with Gasteiger partial charge in [0.2, 0.25) is 5.78 Å². The van der Waals surface area contributed by atoms with Crippen LogP contribution in [0.25, 0.3) is 0 Å². The number of fused-ring (bicyclic) bond motifs is 1. The molecule has 0 saturated carbocycles. The Morgan fingerprint density at radius 1 is 0.957 bits per heavy atom. The van der Waals surface area contributed by atoms with Crippen LogP contribution < -0.4 is 0 Å². The highest BCUT2D eigenvalue weighted by atomic mass is 16.1. The average molecular weight is 309 g/mol. The van der Waals surface area contributed by atoms with E-state index in [9.17, 15) is 9.59 Å². The highest BCUT2D eigenvalue weighted by molar-refractivity contribution is 6.24. The molecule has 0 unspecified atom stereocenters. The van der Waals surface area contributed by atoms with Crippen molar-refractivity contribution in [3.05, 3.63) is 57.8 Å². The summed E-state index contributed by atoms with van der Waals surface area (Å²) in [6, 6.07) is 8.22. The normalized spacial score (nSPS) is 18.4. The molecule has 3 nitrogen and oxygen atoms in total. The van der Waals surface area contributed by atoms with Gasteiger partial charge in [-0.1, -0.05) is 38.1 Å². The highest BCUT2D eigenvalue weighted by Gasteiger charge is 2.35. The number of hydrogen-bond acceptors (Lipinski definition) is 3. The minimum Gasteiger partial charge on any atom is -0.359 e. The van der Waals surface area contributed by atoms with Gasteiger partial charge in [0.25, 0.3) is 0 Å². The van der Waals surface area contributed by atoms with E-state index < -0.39 is 0 Å². The Labute approximate surface area is 137 Å². The van der Waals surface area contributed by atoms with Crippen LogP contribution >= 0.6 is 0 Å². The first-order valence-electron chi connectivity index (χ1n) is 8.22. The fourth-order valence-corrected chi connectivity index (χ4v) is 3.52. The Kier molecular flexibility index (Phi) is 3.97. The van der Waals surface area contributed by atoms with E-state index in [2.05, 4.69) is 30.9 Å². The number of nitrogens with zero attached hydrogens (tertiary/aromatic N) is 1. The van der Waals surface area contributed by atoms with Crippen molar-refractivity contribution in [1.29, 1.82) is 0 Å². The lowest BCUT2D eigenvalue weighted by Crippen LogP contribution is -2.31. The van der Waals surface area contributed by atoms with Gasteiger partial charge in [-0.05, 0) is 37.3 Å². The minimum atomic E-state index is 0.0190. The lowest BCUT2D eigenvalue weighted by molar-refractivity contribution is -0.117. The van der Waals surface area contributed by atoms with Crippen molar-refractivity contribution < 1.29 is 9.59 Å². The summed E-state index contributed by atoms with van der Waals surface area (Å²) in [4.78, 5) is 27.7. The lowest BCUT2D eigenvalue weighted by Gasteiger charge is -2.28. The van der Waals surface area contributed by atoms with Gasteiger partial charge < -0.3 is 4.90 Å². The maximum Gasteiger partial charge on any atom is 0.205 e. The van der Waals surface area contributed by atoms with Crippen molar-refractivity contribution in [2.24, 2.45) is 5.92 Å². The molecule has 0 aromatic heterocycles. The zero-order valence-electron chi connectivity index (χ0n) is 14.3. The van der Waals surface area contributed by atoms with Gasteiger partial charge in [-0.3, -0.25) is 9.59 Å². The number of ketones is 2. The number of carbonyl (C=O) groups is 2. The molecular formula is C20H23NO2. The Hall–Kier alpha value is -2.16. The molecule has 3 heteroatoms. The molecule has 0 saturated heterocycles. The fraction of sp³-hybridized carbons (Fsp3) is 0.400. The summed E-state index contributed by atoms with van der Waals surface area (Å²) >= 11 is 0. The Balaban J connectivity index is 1.95. The van der Waals surface area contributed by atoms with Crippen LogP contribution in [0.3, 0.4) is 0 Å². The molecule has 0 N–H and O–H groups in total. The second kappa shape index (κ2) is 5.80. The minimum absolute atomic E-state index is 0.0190. The van der Waals surface area contributed by atoms with Crippen molar-refractivity contribution in [1.82, 2.24) is 4.90 Å². The third-order valence-corrected chi connectivity index (χ3v) is 4.75. The Morgan fingerprint density at radius 3 is 2.04 bits per heavy atom. The van der Waals surface area contributed by atoms with Crippen LogP contribution in [0, 0.1) is 5.92 Å². The maximum atomic E-state index is 12.9. The second-order valence-corrected chi connectivity index (χ2v) is 6.96. The molecule has 1 aromatic carbocycles. The molecule has 0 atom stereocenters. The smallest absolute Gasteiger partial charge is 0.205 e. The van der Waals surface area contributed by atoms with Crippen LogP contribution in [-0.4, -0.2) is 16.5 Å². The molecule has 0 amide bonds. The molecule has 2 aliphatic rings. The summed E-state index contributed by atoms with van der Waals surface area (Å²) in [6.45, 7) is 9.15. The van der Waals surface area contributed by atoms with Gasteiger partial charge in [0.15, 0.2) is 5.78 Å².